The molecule has 2 nitrogen and oxygen atoms in total. The molecule has 1 aliphatic rings. The third-order valence-electron chi connectivity index (χ3n) is 4.70. The van der Waals surface area contributed by atoms with Crippen molar-refractivity contribution < 1.29 is 4.79 Å². The number of fused-ring (bicyclic) bond motifs is 1. The van der Waals surface area contributed by atoms with Gasteiger partial charge in [-0.1, -0.05) is 36.4 Å². The van der Waals surface area contributed by atoms with Crippen molar-refractivity contribution in [2.75, 3.05) is 0 Å². The molecular formula is C21H25NO. The Hall–Kier alpha value is -2.09. The molecule has 2 heteroatoms. The van der Waals surface area contributed by atoms with Gasteiger partial charge in [-0.3, -0.25) is 4.79 Å². The molecule has 120 valence electrons. The van der Waals surface area contributed by atoms with E-state index in [-0.39, 0.29) is 11.9 Å². The minimum absolute atomic E-state index is 0.0546. The molecule has 0 aromatic heterocycles. The molecule has 0 heterocycles. The van der Waals surface area contributed by atoms with E-state index in [9.17, 15) is 4.79 Å². The van der Waals surface area contributed by atoms with Gasteiger partial charge in [-0.2, -0.15) is 0 Å². The lowest BCUT2D eigenvalue weighted by molar-refractivity contribution is 0.0938. The van der Waals surface area contributed by atoms with Gasteiger partial charge < -0.3 is 5.32 Å². The summed E-state index contributed by atoms with van der Waals surface area (Å²) in [5, 5.41) is 3.13. The predicted molar refractivity (Wildman–Crippen MR) is 94.8 cm³/mol. The van der Waals surface area contributed by atoms with Crippen LogP contribution in [0.15, 0.2) is 48.5 Å². The Bertz CT molecular complexity index is 663. The number of amides is 1. The Kier molecular flexibility index (Phi) is 5.12. The molecule has 0 radical (unpaired) electrons. The number of rotatable bonds is 5. The van der Waals surface area contributed by atoms with Crippen LogP contribution >= 0.6 is 0 Å². The molecule has 0 aliphatic heterocycles. The molecule has 0 fully saturated rings. The van der Waals surface area contributed by atoms with Crippen LogP contribution in [-0.2, 0) is 19.3 Å². The highest BCUT2D eigenvalue weighted by Gasteiger charge is 2.14. The van der Waals surface area contributed by atoms with Gasteiger partial charge in [0.2, 0.25) is 0 Å². The number of carbonyl (C=O) groups is 1. The van der Waals surface area contributed by atoms with E-state index in [1.807, 2.05) is 12.1 Å². The van der Waals surface area contributed by atoms with Gasteiger partial charge in [0.1, 0.15) is 0 Å². The average Bonchev–Trinajstić information content (AvgIpc) is 2.60. The van der Waals surface area contributed by atoms with Gasteiger partial charge in [0, 0.05) is 11.6 Å². The van der Waals surface area contributed by atoms with Gasteiger partial charge in [-0.05, 0) is 74.3 Å². The molecule has 2 aromatic carbocycles. The van der Waals surface area contributed by atoms with Crippen LogP contribution in [0.5, 0.6) is 0 Å². The SMILES string of the molecule is C[C@H](CCc1ccccc1)NC(=O)c1ccc2c(c1)CCCC2. The number of aryl methyl sites for hydroxylation is 3. The number of hydrogen-bond acceptors (Lipinski definition) is 1. The summed E-state index contributed by atoms with van der Waals surface area (Å²) < 4.78 is 0. The molecule has 0 bridgehead atoms. The summed E-state index contributed by atoms with van der Waals surface area (Å²) in [4.78, 5) is 12.4. The van der Waals surface area contributed by atoms with Gasteiger partial charge in [0.25, 0.3) is 5.91 Å². The number of nitrogens with one attached hydrogen (secondary N) is 1. The van der Waals surface area contributed by atoms with Gasteiger partial charge >= 0.3 is 0 Å². The van der Waals surface area contributed by atoms with E-state index in [0.29, 0.717) is 0 Å². The fourth-order valence-electron chi connectivity index (χ4n) is 3.28. The number of hydrogen-bond donors (Lipinski definition) is 1. The van der Waals surface area contributed by atoms with Crippen LogP contribution in [0.25, 0.3) is 0 Å². The molecule has 23 heavy (non-hydrogen) atoms. The lowest BCUT2D eigenvalue weighted by Gasteiger charge is -2.18. The third kappa shape index (κ3) is 4.22. The van der Waals surface area contributed by atoms with Crippen molar-refractivity contribution in [2.24, 2.45) is 0 Å². The zero-order chi connectivity index (χ0) is 16.1. The molecule has 3 rings (SSSR count). The molecule has 1 aliphatic carbocycles. The molecular weight excluding hydrogens is 282 g/mol. The highest BCUT2D eigenvalue weighted by Crippen LogP contribution is 2.22. The van der Waals surface area contributed by atoms with E-state index < -0.39 is 0 Å². The second kappa shape index (κ2) is 7.45. The summed E-state index contributed by atoms with van der Waals surface area (Å²) >= 11 is 0. The Labute approximate surface area is 138 Å². The summed E-state index contributed by atoms with van der Waals surface area (Å²) in [7, 11) is 0. The first kappa shape index (κ1) is 15.8. The van der Waals surface area contributed by atoms with E-state index in [4.69, 9.17) is 0 Å². The van der Waals surface area contributed by atoms with Crippen LogP contribution in [-0.4, -0.2) is 11.9 Å². The van der Waals surface area contributed by atoms with Gasteiger partial charge in [0.15, 0.2) is 0 Å². The minimum atomic E-state index is 0.0546. The summed E-state index contributed by atoms with van der Waals surface area (Å²) in [5.74, 6) is 0.0546. The summed E-state index contributed by atoms with van der Waals surface area (Å²) in [6, 6.07) is 16.8. The van der Waals surface area contributed by atoms with E-state index in [1.54, 1.807) is 0 Å². The zero-order valence-electron chi connectivity index (χ0n) is 13.8. The maximum atomic E-state index is 12.4. The highest BCUT2D eigenvalue weighted by atomic mass is 16.1. The number of carbonyl (C=O) groups excluding carboxylic acids is 1. The van der Waals surface area contributed by atoms with Gasteiger partial charge in [-0.15, -0.1) is 0 Å². The third-order valence-corrected chi connectivity index (χ3v) is 4.70. The number of benzene rings is 2. The van der Waals surface area contributed by atoms with Crippen LogP contribution in [0.4, 0.5) is 0 Å². The van der Waals surface area contributed by atoms with Crippen LogP contribution < -0.4 is 5.32 Å². The molecule has 1 atom stereocenters. The molecule has 0 unspecified atom stereocenters. The summed E-state index contributed by atoms with van der Waals surface area (Å²) in [5.41, 5.74) is 4.91. The predicted octanol–water partition coefficient (Wildman–Crippen LogP) is 4.32. The minimum Gasteiger partial charge on any atom is -0.350 e. The molecule has 0 saturated heterocycles. The van der Waals surface area contributed by atoms with Crippen LogP contribution in [0.1, 0.15) is 53.2 Å². The first-order valence-electron chi connectivity index (χ1n) is 8.69. The Morgan fingerprint density at radius 2 is 1.78 bits per heavy atom. The fourth-order valence-corrected chi connectivity index (χ4v) is 3.28. The van der Waals surface area contributed by atoms with Crippen molar-refractivity contribution in [3.8, 4) is 0 Å². The standard InChI is InChI=1S/C21H25NO/c1-16(11-12-17-7-3-2-4-8-17)22-21(23)20-14-13-18-9-5-6-10-19(18)15-20/h2-4,7-8,13-16H,5-6,9-12H2,1H3,(H,22,23)/t16-/m1/s1. The Morgan fingerprint density at radius 3 is 2.57 bits per heavy atom. The van der Waals surface area contributed by atoms with E-state index in [2.05, 4.69) is 48.6 Å². The lowest BCUT2D eigenvalue weighted by atomic mass is 9.90. The van der Waals surface area contributed by atoms with Gasteiger partial charge in [0.05, 0.1) is 0 Å². The van der Waals surface area contributed by atoms with E-state index >= 15 is 0 Å². The summed E-state index contributed by atoms with van der Waals surface area (Å²) in [6.45, 7) is 2.08. The molecule has 2 aromatic rings. The molecule has 1 N–H and O–H groups in total. The normalized spacial score (nSPS) is 14.8. The van der Waals surface area contributed by atoms with Crippen molar-refractivity contribution in [3.63, 3.8) is 0 Å². The van der Waals surface area contributed by atoms with Crippen molar-refractivity contribution >= 4 is 5.91 Å². The highest BCUT2D eigenvalue weighted by molar-refractivity contribution is 5.94. The second-order valence-corrected chi connectivity index (χ2v) is 6.59. The largest absolute Gasteiger partial charge is 0.350 e. The van der Waals surface area contributed by atoms with Crippen LogP contribution in [0.3, 0.4) is 0 Å². The fraction of sp³-hybridized carbons (Fsp3) is 0.381. The molecule has 1 amide bonds. The Balaban J connectivity index is 1.56. The van der Waals surface area contributed by atoms with E-state index in [0.717, 1.165) is 31.2 Å². The quantitative estimate of drug-likeness (QED) is 0.876. The molecule has 0 saturated carbocycles. The van der Waals surface area contributed by atoms with Gasteiger partial charge in [-0.25, -0.2) is 0 Å². The smallest absolute Gasteiger partial charge is 0.251 e. The first-order valence-corrected chi connectivity index (χ1v) is 8.69. The molecule has 0 spiro atoms. The maximum absolute atomic E-state index is 12.4. The van der Waals surface area contributed by atoms with Crippen LogP contribution in [0, 0.1) is 0 Å². The van der Waals surface area contributed by atoms with E-state index in [1.165, 1.54) is 29.5 Å². The average molecular weight is 307 g/mol. The van der Waals surface area contributed by atoms with Crippen molar-refractivity contribution in [2.45, 2.75) is 51.5 Å². The van der Waals surface area contributed by atoms with Crippen molar-refractivity contribution in [3.05, 3.63) is 70.8 Å². The maximum Gasteiger partial charge on any atom is 0.251 e. The van der Waals surface area contributed by atoms with Crippen LogP contribution in [0.2, 0.25) is 0 Å². The summed E-state index contributed by atoms with van der Waals surface area (Å²) in [6.07, 6.45) is 6.73. The van der Waals surface area contributed by atoms with Crippen molar-refractivity contribution in [1.29, 1.82) is 0 Å². The van der Waals surface area contributed by atoms with Crippen molar-refractivity contribution in [1.82, 2.24) is 5.32 Å². The zero-order valence-corrected chi connectivity index (χ0v) is 13.8. The lowest BCUT2D eigenvalue weighted by Crippen LogP contribution is -2.33. The Morgan fingerprint density at radius 1 is 1.04 bits per heavy atom. The second-order valence-electron chi connectivity index (χ2n) is 6.59. The topological polar surface area (TPSA) is 29.1 Å². The monoisotopic (exact) mass is 307 g/mol. The first-order chi connectivity index (χ1) is 11.2.